The lowest BCUT2D eigenvalue weighted by Crippen LogP contribution is -2.54. The Morgan fingerprint density at radius 1 is 1.09 bits per heavy atom. The van der Waals surface area contributed by atoms with E-state index in [9.17, 15) is 37.7 Å². The van der Waals surface area contributed by atoms with E-state index >= 15 is 0 Å². The van der Waals surface area contributed by atoms with Crippen LogP contribution in [0.2, 0.25) is 0 Å². The Kier molecular flexibility index (Phi) is 9.85. The molecule has 0 aliphatic rings. The van der Waals surface area contributed by atoms with Gasteiger partial charge >= 0.3 is 6.04 Å². The van der Waals surface area contributed by atoms with Crippen molar-refractivity contribution in [2.45, 2.75) is 44.8 Å². The van der Waals surface area contributed by atoms with Crippen LogP contribution in [0.1, 0.15) is 38.3 Å². The van der Waals surface area contributed by atoms with Crippen molar-refractivity contribution < 1.29 is 32.5 Å². The van der Waals surface area contributed by atoms with E-state index < -0.39 is 62.1 Å². The van der Waals surface area contributed by atoms with E-state index in [0.717, 1.165) is 0 Å². The molecule has 0 fully saturated rings. The second-order valence-corrected chi connectivity index (χ2v) is 9.38. The fourth-order valence-corrected chi connectivity index (χ4v) is 3.62. The van der Waals surface area contributed by atoms with Gasteiger partial charge in [0.15, 0.2) is 0 Å². The number of nitrogens with zero attached hydrogens (tertiary/aromatic N) is 1. The predicted molar refractivity (Wildman–Crippen MR) is 117 cm³/mol. The maximum Gasteiger partial charge on any atom is 0.314 e. The Labute approximate surface area is 190 Å². The number of rotatable bonds is 12. The molecule has 3 amide bonds. The summed E-state index contributed by atoms with van der Waals surface area (Å²) in [6.07, 6.45) is -0.815. The van der Waals surface area contributed by atoms with Gasteiger partial charge in [-0.1, -0.05) is 50.8 Å². The Hall–Kier alpha value is -3.61. The highest BCUT2D eigenvalue weighted by atomic mass is 32.2. The summed E-state index contributed by atoms with van der Waals surface area (Å²) < 4.78 is 23.8. The molecule has 13 heteroatoms. The molecule has 0 spiro atoms. The van der Waals surface area contributed by atoms with Crippen molar-refractivity contribution in [1.29, 1.82) is 0 Å². The SMILES string of the molecule is C=CS(=O)(=O)C(=O)[C@H](CC(C)C)NC(=O)[C@H](CC(N)=O)NC(=O)C(c1ccccc1)[N+](=O)[O-]. The summed E-state index contributed by atoms with van der Waals surface area (Å²) in [5, 5.41) is 14.9. The average molecular weight is 483 g/mol. The number of sulfone groups is 1. The molecule has 0 saturated carbocycles. The van der Waals surface area contributed by atoms with Gasteiger partial charge in [-0.2, -0.15) is 0 Å². The summed E-state index contributed by atoms with van der Waals surface area (Å²) in [5.41, 5.74) is 5.17. The molecule has 1 unspecified atom stereocenters. The van der Waals surface area contributed by atoms with Crippen LogP contribution in [-0.2, 0) is 29.0 Å². The normalized spacial score (nSPS) is 13.9. The van der Waals surface area contributed by atoms with Gasteiger partial charge in [-0.05, 0) is 12.3 Å². The van der Waals surface area contributed by atoms with E-state index in [1.165, 1.54) is 24.3 Å². The molecule has 0 radical (unpaired) electrons. The lowest BCUT2D eigenvalue weighted by atomic mass is 10.0. The van der Waals surface area contributed by atoms with Crippen molar-refractivity contribution >= 4 is 32.7 Å². The minimum atomic E-state index is -4.38. The second kappa shape index (κ2) is 11.9. The van der Waals surface area contributed by atoms with Crippen LogP contribution in [0.5, 0.6) is 0 Å². The standard InChI is InChI=1S/C20H26N4O8S/c1-4-33(31,32)20(28)15(10-12(2)3)23-18(26)14(11-16(21)25)22-19(27)17(24(29)30)13-8-6-5-7-9-13/h4-9,12,14-15,17H,1,10-11H2,2-3H3,(H2,21,25)(H,22,27)(H,23,26)/t14-,15-,17?/m0/s1. The molecule has 0 aliphatic carbocycles. The molecule has 0 aliphatic heterocycles. The fraction of sp³-hybridized carbons (Fsp3) is 0.400. The van der Waals surface area contributed by atoms with Crippen molar-refractivity contribution in [3.63, 3.8) is 0 Å². The fourth-order valence-electron chi connectivity index (χ4n) is 2.90. The molecule has 33 heavy (non-hydrogen) atoms. The van der Waals surface area contributed by atoms with Crippen LogP contribution >= 0.6 is 0 Å². The maximum atomic E-state index is 12.8. The van der Waals surface area contributed by atoms with Gasteiger partial charge in [-0.25, -0.2) is 8.42 Å². The number of nitrogens with two attached hydrogens (primary N) is 1. The molecule has 0 bridgehead atoms. The Bertz CT molecular complexity index is 1020. The van der Waals surface area contributed by atoms with E-state index in [-0.39, 0.29) is 17.9 Å². The molecule has 4 N–H and O–H groups in total. The molecule has 3 atom stereocenters. The topological polar surface area (TPSA) is 196 Å². The first-order chi connectivity index (χ1) is 15.3. The molecule has 0 heterocycles. The number of primary amides is 1. The molecule has 180 valence electrons. The van der Waals surface area contributed by atoms with E-state index in [0.29, 0.717) is 5.41 Å². The van der Waals surface area contributed by atoms with Gasteiger partial charge in [0.2, 0.25) is 21.7 Å². The lowest BCUT2D eigenvalue weighted by molar-refractivity contribution is -0.513. The molecule has 1 aromatic rings. The van der Waals surface area contributed by atoms with Crippen molar-refractivity contribution in [2.75, 3.05) is 0 Å². The number of nitrogens with one attached hydrogen (secondary N) is 2. The van der Waals surface area contributed by atoms with E-state index in [1.54, 1.807) is 19.9 Å². The van der Waals surface area contributed by atoms with Gasteiger partial charge in [-0.15, -0.1) is 0 Å². The summed E-state index contributed by atoms with van der Waals surface area (Å²) in [7, 11) is -4.38. The third-order valence-electron chi connectivity index (χ3n) is 4.42. The lowest BCUT2D eigenvalue weighted by Gasteiger charge is -2.23. The van der Waals surface area contributed by atoms with Crippen LogP contribution in [0, 0.1) is 16.0 Å². The third-order valence-corrected chi connectivity index (χ3v) is 5.70. The van der Waals surface area contributed by atoms with Crippen LogP contribution in [0.25, 0.3) is 0 Å². The smallest absolute Gasteiger partial charge is 0.314 e. The van der Waals surface area contributed by atoms with Crippen molar-refractivity contribution in [1.82, 2.24) is 10.6 Å². The summed E-state index contributed by atoms with van der Waals surface area (Å²) in [6.45, 7) is 6.42. The average Bonchev–Trinajstić information content (AvgIpc) is 2.72. The maximum absolute atomic E-state index is 12.8. The van der Waals surface area contributed by atoms with Crippen molar-refractivity contribution in [3.8, 4) is 0 Å². The zero-order valence-corrected chi connectivity index (χ0v) is 18.9. The zero-order valence-electron chi connectivity index (χ0n) is 18.1. The van der Waals surface area contributed by atoms with E-state index in [2.05, 4.69) is 17.2 Å². The summed E-state index contributed by atoms with van der Waals surface area (Å²) >= 11 is 0. The zero-order chi connectivity index (χ0) is 25.3. The van der Waals surface area contributed by atoms with Gasteiger partial charge < -0.3 is 16.4 Å². The summed E-state index contributed by atoms with van der Waals surface area (Å²) in [4.78, 5) is 59.8. The number of amides is 3. The minimum Gasteiger partial charge on any atom is -0.370 e. The Balaban J connectivity index is 3.19. The Morgan fingerprint density at radius 2 is 1.64 bits per heavy atom. The van der Waals surface area contributed by atoms with Crippen LogP contribution in [-0.4, -0.2) is 48.3 Å². The molecular formula is C20H26N4O8S. The molecule has 0 aromatic heterocycles. The van der Waals surface area contributed by atoms with Crippen LogP contribution in [0.15, 0.2) is 42.3 Å². The van der Waals surface area contributed by atoms with Gasteiger partial charge in [0.05, 0.1) is 6.42 Å². The molecule has 12 nitrogen and oxygen atoms in total. The monoisotopic (exact) mass is 482 g/mol. The van der Waals surface area contributed by atoms with Crippen LogP contribution in [0.3, 0.4) is 0 Å². The minimum absolute atomic E-state index is 0.0307. The molecule has 0 saturated heterocycles. The highest BCUT2D eigenvalue weighted by Crippen LogP contribution is 2.17. The number of nitro groups is 1. The van der Waals surface area contributed by atoms with E-state index in [4.69, 9.17) is 5.73 Å². The predicted octanol–water partition coefficient (Wildman–Crippen LogP) is -0.0196. The molecule has 1 rings (SSSR count). The number of benzene rings is 1. The quantitative estimate of drug-likeness (QED) is 0.273. The largest absolute Gasteiger partial charge is 0.370 e. The first kappa shape index (κ1) is 27.4. The van der Waals surface area contributed by atoms with Crippen LogP contribution in [0.4, 0.5) is 0 Å². The first-order valence-electron chi connectivity index (χ1n) is 9.79. The van der Waals surface area contributed by atoms with Crippen molar-refractivity contribution in [2.24, 2.45) is 11.7 Å². The highest BCUT2D eigenvalue weighted by molar-refractivity contribution is 8.08. The number of carbonyl (C=O) groups is 4. The number of carbonyl (C=O) groups excluding carboxylic acids is 4. The second-order valence-electron chi connectivity index (χ2n) is 7.55. The van der Waals surface area contributed by atoms with Crippen LogP contribution < -0.4 is 16.4 Å². The van der Waals surface area contributed by atoms with Crippen molar-refractivity contribution in [3.05, 3.63) is 58.0 Å². The van der Waals surface area contributed by atoms with Gasteiger partial charge in [-0.3, -0.25) is 29.3 Å². The Morgan fingerprint density at radius 3 is 2.09 bits per heavy atom. The molecular weight excluding hydrogens is 456 g/mol. The summed E-state index contributed by atoms with van der Waals surface area (Å²) in [5.74, 6) is -3.53. The first-order valence-corrected chi connectivity index (χ1v) is 11.3. The van der Waals surface area contributed by atoms with Gasteiger partial charge in [0, 0.05) is 15.9 Å². The van der Waals surface area contributed by atoms with E-state index in [1.807, 2.05) is 0 Å². The summed E-state index contributed by atoms with van der Waals surface area (Å²) in [6, 6.07) is 2.16. The number of hydrogen-bond donors (Lipinski definition) is 3. The van der Waals surface area contributed by atoms with Gasteiger partial charge in [0.25, 0.3) is 11.0 Å². The third kappa shape index (κ3) is 8.11. The highest BCUT2D eigenvalue weighted by Gasteiger charge is 2.37. The molecule has 1 aromatic carbocycles. The van der Waals surface area contributed by atoms with Gasteiger partial charge in [0.1, 0.15) is 12.1 Å². The number of hydrogen-bond acceptors (Lipinski definition) is 8.